The highest BCUT2D eigenvalue weighted by atomic mass is 16.2. The van der Waals surface area contributed by atoms with Gasteiger partial charge >= 0.3 is 5.69 Å². The van der Waals surface area contributed by atoms with Gasteiger partial charge in [0.05, 0.1) is 12.2 Å². The van der Waals surface area contributed by atoms with Gasteiger partial charge in [0, 0.05) is 6.54 Å². The maximum Gasteiger partial charge on any atom is 0.350 e. The summed E-state index contributed by atoms with van der Waals surface area (Å²) in [6.45, 7) is 2.34. The number of benzene rings is 1. The van der Waals surface area contributed by atoms with Crippen LogP contribution in [0, 0.1) is 0 Å². The maximum absolute atomic E-state index is 12.2. The Morgan fingerprint density at radius 1 is 1.24 bits per heavy atom. The fourth-order valence-electron chi connectivity index (χ4n) is 2.09. The molecule has 0 saturated carbocycles. The first-order chi connectivity index (χ1) is 8.36. The summed E-state index contributed by atoms with van der Waals surface area (Å²) < 4.78 is 3.23. The van der Waals surface area contributed by atoms with Crippen LogP contribution >= 0.6 is 0 Å². The van der Waals surface area contributed by atoms with Crippen LogP contribution in [-0.2, 0) is 13.1 Å². The topological polar surface area (TPSA) is 51.9 Å². The van der Waals surface area contributed by atoms with E-state index in [1.54, 1.807) is 4.57 Å². The molecule has 5 nitrogen and oxygen atoms in total. The van der Waals surface area contributed by atoms with Crippen LogP contribution < -0.4 is 11.0 Å². The van der Waals surface area contributed by atoms with Crippen LogP contribution in [0.3, 0.4) is 0 Å². The molecule has 1 aromatic heterocycles. The fourth-order valence-corrected chi connectivity index (χ4v) is 2.09. The summed E-state index contributed by atoms with van der Waals surface area (Å²) in [5, 5.41) is 7.65. The number of hydrogen-bond donors (Lipinski definition) is 1. The Labute approximate surface area is 98.7 Å². The van der Waals surface area contributed by atoms with Crippen molar-refractivity contribution < 1.29 is 0 Å². The van der Waals surface area contributed by atoms with Crippen LogP contribution in [0.4, 0.5) is 0 Å². The molecule has 2 aromatic rings. The third-order valence-corrected chi connectivity index (χ3v) is 2.96. The smallest absolute Gasteiger partial charge is 0.310 e. The van der Waals surface area contributed by atoms with Crippen LogP contribution in [0.1, 0.15) is 12.2 Å². The number of nitrogens with zero attached hydrogens (tertiary/aromatic N) is 3. The van der Waals surface area contributed by atoms with Gasteiger partial charge in [-0.2, -0.15) is 4.68 Å². The Hall–Kier alpha value is -1.88. The highest BCUT2D eigenvalue weighted by Gasteiger charge is 2.15. The molecule has 1 aromatic carbocycles. The monoisotopic (exact) mass is 230 g/mol. The Morgan fingerprint density at radius 2 is 2.06 bits per heavy atom. The van der Waals surface area contributed by atoms with Gasteiger partial charge in [0.15, 0.2) is 0 Å². The van der Waals surface area contributed by atoms with E-state index in [1.807, 2.05) is 30.3 Å². The average molecular weight is 230 g/mol. The summed E-state index contributed by atoms with van der Waals surface area (Å²) in [5.74, 6) is 0.816. The predicted molar refractivity (Wildman–Crippen MR) is 64.1 cm³/mol. The van der Waals surface area contributed by atoms with Crippen LogP contribution in [0.5, 0.6) is 0 Å². The van der Waals surface area contributed by atoms with Crippen molar-refractivity contribution >= 4 is 0 Å². The lowest BCUT2D eigenvalue weighted by atomic mass is 10.3. The zero-order valence-electron chi connectivity index (χ0n) is 9.47. The van der Waals surface area contributed by atoms with Crippen LogP contribution in [0.15, 0.2) is 35.1 Å². The average Bonchev–Trinajstić information content (AvgIpc) is 2.56. The largest absolute Gasteiger partial charge is 0.350 e. The maximum atomic E-state index is 12.2. The first-order valence-electron chi connectivity index (χ1n) is 5.81. The minimum atomic E-state index is -0.0464. The zero-order valence-corrected chi connectivity index (χ0v) is 9.47. The van der Waals surface area contributed by atoms with E-state index >= 15 is 0 Å². The molecular formula is C12H14N4O. The number of hydrogen-bond acceptors (Lipinski definition) is 3. The highest BCUT2D eigenvalue weighted by molar-refractivity contribution is 5.29. The number of fused-ring (bicyclic) bond motifs is 1. The number of para-hydroxylation sites is 1. The van der Waals surface area contributed by atoms with Gasteiger partial charge in [-0.3, -0.25) is 4.57 Å². The molecule has 17 heavy (non-hydrogen) atoms. The van der Waals surface area contributed by atoms with Crippen molar-refractivity contribution in [3.8, 4) is 5.69 Å². The van der Waals surface area contributed by atoms with Crippen molar-refractivity contribution in [2.45, 2.75) is 19.5 Å². The summed E-state index contributed by atoms with van der Waals surface area (Å²) >= 11 is 0. The van der Waals surface area contributed by atoms with E-state index in [9.17, 15) is 4.79 Å². The van der Waals surface area contributed by atoms with E-state index in [1.165, 1.54) is 4.68 Å². The van der Waals surface area contributed by atoms with Gasteiger partial charge in [-0.05, 0) is 25.1 Å². The first-order valence-corrected chi connectivity index (χ1v) is 5.81. The second-order valence-electron chi connectivity index (χ2n) is 4.13. The molecule has 1 aliphatic heterocycles. The van der Waals surface area contributed by atoms with Crippen molar-refractivity contribution in [2.75, 3.05) is 6.54 Å². The van der Waals surface area contributed by atoms with E-state index < -0.39 is 0 Å². The molecular weight excluding hydrogens is 216 g/mol. The van der Waals surface area contributed by atoms with Gasteiger partial charge in [-0.15, -0.1) is 5.10 Å². The van der Waals surface area contributed by atoms with Crippen molar-refractivity contribution in [2.24, 2.45) is 0 Å². The minimum Gasteiger partial charge on any atom is -0.310 e. The Kier molecular flexibility index (Phi) is 2.53. The van der Waals surface area contributed by atoms with Gasteiger partial charge in [0.25, 0.3) is 0 Å². The summed E-state index contributed by atoms with van der Waals surface area (Å²) in [5.41, 5.74) is 0.771. The minimum absolute atomic E-state index is 0.0464. The van der Waals surface area contributed by atoms with Crippen molar-refractivity contribution in [1.29, 1.82) is 0 Å². The molecule has 0 spiro atoms. The van der Waals surface area contributed by atoms with Crippen molar-refractivity contribution in [3.63, 3.8) is 0 Å². The molecule has 0 aliphatic carbocycles. The molecule has 2 heterocycles. The third kappa shape index (κ3) is 1.78. The number of rotatable bonds is 1. The Bertz CT molecular complexity index is 570. The fraction of sp³-hybridized carbons (Fsp3) is 0.333. The van der Waals surface area contributed by atoms with Gasteiger partial charge in [-0.1, -0.05) is 18.2 Å². The normalized spacial score (nSPS) is 15.3. The molecule has 0 amide bonds. The van der Waals surface area contributed by atoms with E-state index in [-0.39, 0.29) is 5.69 Å². The van der Waals surface area contributed by atoms with E-state index in [0.717, 1.165) is 31.0 Å². The Morgan fingerprint density at radius 3 is 2.88 bits per heavy atom. The van der Waals surface area contributed by atoms with Gasteiger partial charge in [0.2, 0.25) is 0 Å². The summed E-state index contributed by atoms with van der Waals surface area (Å²) in [7, 11) is 0. The van der Waals surface area contributed by atoms with Crippen LogP contribution in [0.2, 0.25) is 0 Å². The lowest BCUT2D eigenvalue weighted by Crippen LogP contribution is -2.24. The number of aromatic nitrogens is 3. The molecule has 0 saturated heterocycles. The van der Waals surface area contributed by atoms with Crippen LogP contribution in [0.25, 0.3) is 5.69 Å². The number of nitrogens with one attached hydrogen (secondary N) is 1. The predicted octanol–water partition coefficient (Wildman–Crippen LogP) is 0.527. The lowest BCUT2D eigenvalue weighted by molar-refractivity contribution is 0.619. The van der Waals surface area contributed by atoms with Gasteiger partial charge in [-0.25, -0.2) is 4.79 Å². The molecule has 3 rings (SSSR count). The molecule has 0 radical (unpaired) electrons. The molecule has 0 atom stereocenters. The molecule has 0 bridgehead atoms. The van der Waals surface area contributed by atoms with E-state index in [4.69, 9.17) is 0 Å². The quantitative estimate of drug-likeness (QED) is 0.777. The standard InChI is InChI=1S/C12H14N4O/c17-12-15-8-4-7-13-9-11(15)14-16(12)10-5-2-1-3-6-10/h1-3,5-6,13H,4,7-9H2. The van der Waals surface area contributed by atoms with Crippen LogP contribution in [-0.4, -0.2) is 20.9 Å². The van der Waals surface area contributed by atoms with E-state index in [0.29, 0.717) is 6.54 Å². The summed E-state index contributed by atoms with van der Waals surface area (Å²) in [4.78, 5) is 12.2. The molecule has 1 N–H and O–H groups in total. The lowest BCUT2D eigenvalue weighted by Gasteiger charge is -1.99. The van der Waals surface area contributed by atoms with E-state index in [2.05, 4.69) is 10.4 Å². The van der Waals surface area contributed by atoms with Gasteiger partial charge in [0.1, 0.15) is 5.82 Å². The highest BCUT2D eigenvalue weighted by Crippen LogP contribution is 2.05. The Balaban J connectivity index is 2.11. The van der Waals surface area contributed by atoms with Crippen molar-refractivity contribution in [1.82, 2.24) is 19.7 Å². The second kappa shape index (κ2) is 4.18. The molecule has 1 aliphatic rings. The second-order valence-corrected chi connectivity index (χ2v) is 4.13. The van der Waals surface area contributed by atoms with Gasteiger partial charge < -0.3 is 5.32 Å². The SMILES string of the molecule is O=c1n(-c2ccccc2)nc2n1CCCNC2. The molecule has 0 fully saturated rings. The molecule has 0 unspecified atom stereocenters. The van der Waals surface area contributed by atoms with Crippen molar-refractivity contribution in [3.05, 3.63) is 46.6 Å². The first kappa shape index (κ1) is 10.3. The summed E-state index contributed by atoms with van der Waals surface area (Å²) in [6.07, 6.45) is 0.966. The molecule has 88 valence electrons. The summed E-state index contributed by atoms with van der Waals surface area (Å²) in [6, 6.07) is 9.52. The third-order valence-electron chi connectivity index (χ3n) is 2.96. The molecule has 5 heteroatoms. The zero-order chi connectivity index (χ0) is 11.7.